The van der Waals surface area contributed by atoms with Gasteiger partial charge in [-0.1, -0.05) is 0 Å². The molecule has 0 saturated carbocycles. The van der Waals surface area contributed by atoms with Gasteiger partial charge in [0, 0.05) is 11.8 Å². The van der Waals surface area contributed by atoms with Crippen molar-refractivity contribution in [1.82, 2.24) is 0 Å². The maximum Gasteiger partial charge on any atom is 0.275 e. The molecule has 1 aliphatic rings. The highest BCUT2D eigenvalue weighted by Gasteiger charge is 2.42. The number of carbonyl (C=O) groups is 1. The number of hydrogen-bond acceptors (Lipinski definition) is 4. The van der Waals surface area contributed by atoms with Gasteiger partial charge in [0.2, 0.25) is 0 Å². The van der Waals surface area contributed by atoms with Crippen LogP contribution in [0, 0.1) is 15.9 Å². The molecular weight excluding hydrogens is 303 g/mol. The molecule has 0 spiro atoms. The molecule has 0 unspecified atom stereocenters. The topological polar surface area (TPSA) is 72.7 Å². The molecule has 0 N–H and O–H groups in total. The number of hydrogen-bond donors (Lipinski definition) is 0. The summed E-state index contributed by atoms with van der Waals surface area (Å²) in [5, 5.41) is 10.9. The van der Waals surface area contributed by atoms with Gasteiger partial charge in [-0.3, -0.25) is 19.8 Å². The Kier molecular flexibility index (Phi) is 3.28. The van der Waals surface area contributed by atoms with Crippen molar-refractivity contribution in [2.24, 2.45) is 0 Å². The molecule has 0 atom stereocenters. The smallest absolute Gasteiger partial charge is 0.275 e. The largest absolute Gasteiger partial charge is 0.476 e. The summed E-state index contributed by atoms with van der Waals surface area (Å²) in [6, 6.07) is 9.46. The molecular formula is C16H13FN2O4. The number of benzene rings is 2. The fourth-order valence-corrected chi connectivity index (χ4v) is 2.43. The first-order valence-corrected chi connectivity index (χ1v) is 6.87. The van der Waals surface area contributed by atoms with Gasteiger partial charge in [-0.25, -0.2) is 4.39 Å². The van der Waals surface area contributed by atoms with E-state index in [1.165, 1.54) is 47.4 Å². The average Bonchev–Trinajstić information content (AvgIpc) is 2.49. The summed E-state index contributed by atoms with van der Waals surface area (Å²) in [6.45, 7) is 3.15. The molecule has 6 nitrogen and oxygen atoms in total. The van der Waals surface area contributed by atoms with Crippen molar-refractivity contribution in [3.8, 4) is 5.75 Å². The van der Waals surface area contributed by atoms with Crippen LogP contribution >= 0.6 is 0 Å². The van der Waals surface area contributed by atoms with Crippen LogP contribution in [0.15, 0.2) is 42.5 Å². The highest BCUT2D eigenvalue weighted by atomic mass is 19.1. The van der Waals surface area contributed by atoms with E-state index in [9.17, 15) is 19.3 Å². The van der Waals surface area contributed by atoms with E-state index in [0.29, 0.717) is 11.4 Å². The number of non-ortho nitro benzene ring substituents is 1. The Morgan fingerprint density at radius 3 is 2.43 bits per heavy atom. The van der Waals surface area contributed by atoms with Crippen molar-refractivity contribution in [2.75, 3.05) is 4.90 Å². The van der Waals surface area contributed by atoms with Crippen molar-refractivity contribution >= 4 is 23.0 Å². The van der Waals surface area contributed by atoms with Crippen molar-refractivity contribution < 1.29 is 18.8 Å². The second-order valence-electron chi connectivity index (χ2n) is 5.64. The summed E-state index contributed by atoms with van der Waals surface area (Å²) in [5.41, 5.74) is -0.487. The molecule has 1 aliphatic heterocycles. The molecule has 1 heterocycles. The number of amides is 1. The highest BCUT2D eigenvalue weighted by Crippen LogP contribution is 2.43. The van der Waals surface area contributed by atoms with Crippen molar-refractivity contribution in [2.45, 2.75) is 19.4 Å². The third kappa shape index (κ3) is 2.50. The Hall–Kier alpha value is -2.96. The van der Waals surface area contributed by atoms with Gasteiger partial charge in [0.15, 0.2) is 11.4 Å². The summed E-state index contributed by atoms with van der Waals surface area (Å²) >= 11 is 0. The second kappa shape index (κ2) is 5.05. The lowest BCUT2D eigenvalue weighted by Crippen LogP contribution is -2.50. The Morgan fingerprint density at radius 1 is 1.17 bits per heavy atom. The zero-order chi connectivity index (χ0) is 16.8. The standard InChI is InChI=1S/C16H13FN2O4/c1-16(2)15(20)18(11-5-3-10(17)4-6-11)13-8-7-12(19(21)22)9-14(13)23-16/h3-9H,1-2H3. The van der Waals surface area contributed by atoms with Crippen LogP contribution in [-0.2, 0) is 4.79 Å². The fraction of sp³-hybridized carbons (Fsp3) is 0.188. The van der Waals surface area contributed by atoms with Crippen LogP contribution in [0.2, 0.25) is 0 Å². The lowest BCUT2D eigenvalue weighted by molar-refractivity contribution is -0.385. The first-order valence-electron chi connectivity index (χ1n) is 6.87. The van der Waals surface area contributed by atoms with Gasteiger partial charge in [-0.05, 0) is 44.2 Å². The Bertz CT molecular complexity index is 802. The minimum atomic E-state index is -1.20. The number of nitro groups is 1. The fourth-order valence-electron chi connectivity index (χ4n) is 2.43. The van der Waals surface area contributed by atoms with Crippen molar-refractivity contribution in [3.05, 3.63) is 58.4 Å². The number of carbonyl (C=O) groups excluding carboxylic acids is 1. The predicted molar refractivity (Wildman–Crippen MR) is 81.3 cm³/mol. The third-order valence-electron chi connectivity index (χ3n) is 3.56. The molecule has 0 saturated heterocycles. The predicted octanol–water partition coefficient (Wildman–Crippen LogP) is 3.57. The molecule has 23 heavy (non-hydrogen) atoms. The van der Waals surface area contributed by atoms with Gasteiger partial charge in [-0.15, -0.1) is 0 Å². The molecule has 0 aliphatic carbocycles. The summed E-state index contributed by atoms with van der Waals surface area (Å²) in [7, 11) is 0. The molecule has 2 aromatic rings. The number of rotatable bonds is 2. The quantitative estimate of drug-likeness (QED) is 0.627. The zero-order valence-corrected chi connectivity index (χ0v) is 12.4. The van der Waals surface area contributed by atoms with E-state index >= 15 is 0 Å². The van der Waals surface area contributed by atoms with Gasteiger partial charge in [0.05, 0.1) is 16.7 Å². The maximum atomic E-state index is 13.1. The van der Waals surface area contributed by atoms with Crippen molar-refractivity contribution in [1.29, 1.82) is 0 Å². The Balaban J connectivity index is 2.17. The second-order valence-corrected chi connectivity index (χ2v) is 5.64. The number of ether oxygens (including phenoxy) is 1. The van der Waals surface area contributed by atoms with E-state index in [4.69, 9.17) is 4.74 Å². The average molecular weight is 316 g/mol. The Labute approximate surface area is 131 Å². The van der Waals surface area contributed by atoms with Gasteiger partial charge in [-0.2, -0.15) is 0 Å². The highest BCUT2D eigenvalue weighted by molar-refractivity contribution is 6.08. The zero-order valence-electron chi connectivity index (χ0n) is 12.4. The summed E-state index contributed by atoms with van der Waals surface area (Å²) in [6.07, 6.45) is 0. The normalized spacial score (nSPS) is 15.8. The molecule has 0 bridgehead atoms. The van der Waals surface area contributed by atoms with Gasteiger partial charge < -0.3 is 4.74 Å². The van der Waals surface area contributed by atoms with Crippen LogP contribution in [-0.4, -0.2) is 16.4 Å². The van der Waals surface area contributed by atoms with Crippen LogP contribution in [0.4, 0.5) is 21.5 Å². The maximum absolute atomic E-state index is 13.1. The van der Waals surface area contributed by atoms with Crippen LogP contribution in [0.1, 0.15) is 13.8 Å². The first kappa shape index (κ1) is 15.0. The molecule has 118 valence electrons. The van der Waals surface area contributed by atoms with Crippen molar-refractivity contribution in [3.63, 3.8) is 0 Å². The third-order valence-corrected chi connectivity index (χ3v) is 3.56. The van der Waals surface area contributed by atoms with E-state index in [1.54, 1.807) is 13.8 Å². The minimum absolute atomic E-state index is 0.132. The molecule has 0 aromatic heterocycles. The van der Waals surface area contributed by atoms with Gasteiger partial charge in [0.25, 0.3) is 11.6 Å². The summed E-state index contributed by atoms with van der Waals surface area (Å²) in [4.78, 5) is 24.5. The SMILES string of the molecule is CC1(C)Oc2cc([N+](=O)[O-])ccc2N(c2ccc(F)cc2)C1=O. The number of anilines is 2. The van der Waals surface area contributed by atoms with Crippen LogP contribution in [0.3, 0.4) is 0 Å². The molecule has 0 fully saturated rings. The lowest BCUT2D eigenvalue weighted by Gasteiger charge is -2.38. The molecule has 1 amide bonds. The summed E-state index contributed by atoms with van der Waals surface area (Å²) < 4.78 is 18.8. The Morgan fingerprint density at radius 2 is 1.83 bits per heavy atom. The van der Waals surface area contributed by atoms with E-state index in [-0.39, 0.29) is 17.3 Å². The number of halogens is 1. The monoisotopic (exact) mass is 316 g/mol. The molecule has 7 heteroatoms. The van der Waals surface area contributed by atoms with E-state index in [0.717, 1.165) is 0 Å². The van der Waals surface area contributed by atoms with E-state index in [1.807, 2.05) is 0 Å². The molecule has 2 aromatic carbocycles. The van der Waals surface area contributed by atoms with Crippen LogP contribution in [0.5, 0.6) is 5.75 Å². The lowest BCUT2D eigenvalue weighted by atomic mass is 10.0. The van der Waals surface area contributed by atoms with Gasteiger partial charge >= 0.3 is 0 Å². The van der Waals surface area contributed by atoms with Crippen LogP contribution < -0.4 is 9.64 Å². The number of nitrogens with zero attached hydrogens (tertiary/aromatic N) is 2. The van der Waals surface area contributed by atoms with E-state index < -0.39 is 16.3 Å². The number of nitro benzene ring substituents is 1. The number of fused-ring (bicyclic) bond motifs is 1. The van der Waals surface area contributed by atoms with Gasteiger partial charge in [0.1, 0.15) is 5.82 Å². The first-order chi connectivity index (χ1) is 10.8. The summed E-state index contributed by atoms with van der Waals surface area (Å²) in [5.74, 6) is -0.531. The minimum Gasteiger partial charge on any atom is -0.476 e. The van der Waals surface area contributed by atoms with Crippen LogP contribution in [0.25, 0.3) is 0 Å². The van der Waals surface area contributed by atoms with E-state index in [2.05, 4.69) is 0 Å². The molecule has 3 rings (SSSR count). The molecule has 0 radical (unpaired) electrons.